The molecule has 8 aliphatic rings. The fourth-order valence-electron chi connectivity index (χ4n) is 15.2. The zero-order chi connectivity index (χ0) is 70.4. The predicted molar refractivity (Wildman–Crippen MR) is 382 cm³/mol. The van der Waals surface area contributed by atoms with Gasteiger partial charge in [-0.15, -0.1) is 0 Å². The average molecular weight is 1450 g/mol. The standard InChI is InChI=1S/C36H42Cl2FN5O3S.C22H19Cl2FN2O2S.C14H25N3O2/c1-7-26-13-15-29(33(46)41-16-17-42(22(5)45)21(4)19-41)43(26)34(47)31-30(20(2)3)44-32(23-8-14-27(38)28(39)18-23)36(6,40-35(44)48-31)24-9-11-25(37)12-10-24;1-11(2)17-18(20(28)29)30-21-26-22(3,13-5-7-14(23)8-6-13)19(27(17)21)12-4-9-15(24)16(25)10-12;1-4-12-5-6-13(15-12)14(19)16-7-8-17(11(3)18)10(2)9-16/h8-12,14,18,20-21,26,29,32H,7,13,15-17,19H2,1-6H3;4-11,19H,1-3H3,(H,28,29);10,12-13,15H,4-9H2,1-3H3/t21-,26-,29+,32-,36+;;10-,12-,13+/m1.1/s1. The molecule has 0 radical (unpaired) electrons. The summed E-state index contributed by atoms with van der Waals surface area (Å²) >= 11 is 26.9. The first-order valence-electron chi connectivity index (χ1n) is 33.4. The number of carboxylic acid groups (broad SMARTS) is 1. The number of carboxylic acids is 1. The maximum absolute atomic E-state index is 15.0. The number of carbonyl (C=O) groups is 6. The molecule has 2 N–H and O–H groups in total. The lowest BCUT2D eigenvalue weighted by Gasteiger charge is -2.41. The van der Waals surface area contributed by atoms with E-state index in [9.17, 15) is 38.3 Å². The number of aliphatic carboxylic acids is 1. The molecular weight excluding hydrogens is 1360 g/mol. The third-order valence-electron chi connectivity index (χ3n) is 20.1. The average Bonchev–Trinajstić information content (AvgIpc) is 1.56. The minimum atomic E-state index is -0.991. The Hall–Kier alpha value is -6.20. The van der Waals surface area contributed by atoms with Gasteiger partial charge in [-0.25, -0.2) is 23.6 Å². The smallest absolute Gasteiger partial charge is 0.344 e. The van der Waals surface area contributed by atoms with Gasteiger partial charge in [0.1, 0.15) is 38.6 Å². The van der Waals surface area contributed by atoms with Crippen LogP contribution in [0, 0.1) is 23.5 Å². The van der Waals surface area contributed by atoms with E-state index >= 15 is 4.39 Å². The van der Waals surface area contributed by atoms with Crippen LogP contribution in [0.25, 0.3) is 0 Å². The second-order valence-electron chi connectivity index (χ2n) is 27.2. The van der Waals surface area contributed by atoms with Gasteiger partial charge in [0.25, 0.3) is 5.91 Å². The van der Waals surface area contributed by atoms with Crippen molar-refractivity contribution in [2.75, 3.05) is 39.3 Å². The molecule has 4 aromatic rings. The summed E-state index contributed by atoms with van der Waals surface area (Å²) in [7, 11) is 0. The van der Waals surface area contributed by atoms with E-state index in [1.807, 2.05) is 122 Å². The highest BCUT2D eigenvalue weighted by Crippen LogP contribution is 2.58. The Kier molecular flexibility index (Phi) is 22.7. The van der Waals surface area contributed by atoms with Crippen molar-refractivity contribution in [3.05, 3.63) is 160 Å². The van der Waals surface area contributed by atoms with Crippen molar-refractivity contribution in [3.8, 4) is 0 Å². The van der Waals surface area contributed by atoms with Crippen molar-refractivity contribution >= 4 is 116 Å². The number of hydrogen-bond donors (Lipinski definition) is 2. The molecule has 0 aliphatic carbocycles. The maximum atomic E-state index is 15.0. The lowest BCUT2D eigenvalue weighted by atomic mass is 9.81. The summed E-state index contributed by atoms with van der Waals surface area (Å²) in [6, 6.07) is 23.3. The van der Waals surface area contributed by atoms with Crippen LogP contribution in [0.1, 0.15) is 156 Å². The summed E-state index contributed by atoms with van der Waals surface area (Å²) in [6.45, 7) is 26.6. The first kappa shape index (κ1) is 73.5. The molecule has 520 valence electrons. The maximum Gasteiger partial charge on any atom is 0.344 e. The number of benzene rings is 4. The molecule has 25 heteroatoms. The number of carbonyl (C=O) groups excluding carboxylic acids is 5. The normalized spacial score (nSPS) is 26.9. The van der Waals surface area contributed by atoms with Gasteiger partial charge >= 0.3 is 5.97 Å². The number of piperazine rings is 2. The minimum absolute atomic E-state index is 0.00000628. The third kappa shape index (κ3) is 14.6. The molecule has 4 fully saturated rings. The van der Waals surface area contributed by atoms with Crippen molar-refractivity contribution in [2.45, 2.75) is 181 Å². The number of likely N-dealkylation sites (tertiary alicyclic amines) is 1. The van der Waals surface area contributed by atoms with E-state index in [4.69, 9.17) is 56.4 Å². The highest BCUT2D eigenvalue weighted by atomic mass is 35.5. The zero-order valence-corrected chi connectivity index (χ0v) is 61.5. The molecule has 4 aromatic carbocycles. The molecule has 0 bridgehead atoms. The SMILES string of the molecule is CC(C)C1=C(C(=O)O)SC2=NC(C)(c3ccc(Cl)cc3)C(c3ccc(Cl)c(F)c3)N21.CC[C@@H]1CC[C@@H](C(=O)N2CCN(C(C)=O)[C@H](C)C2)N1.CC[C@@H]1CC[C@@H](C(=O)N2CCN(C(C)=O)[C@H](C)C2)N1C(=O)C1=C(C(C)C)N2C(=N[C@@](C)(c3ccc(Cl)cc3)[C@H]2c2ccc(Cl)c(F)c2)S1. The molecule has 2 unspecified atom stereocenters. The summed E-state index contributed by atoms with van der Waals surface area (Å²) in [5.74, 6) is -2.12. The van der Waals surface area contributed by atoms with E-state index in [1.165, 1.54) is 30.0 Å². The zero-order valence-electron chi connectivity index (χ0n) is 56.8. The first-order chi connectivity index (χ1) is 45.9. The molecule has 8 aliphatic heterocycles. The van der Waals surface area contributed by atoms with E-state index in [0.717, 1.165) is 60.7 Å². The Bertz CT molecular complexity index is 3860. The van der Waals surface area contributed by atoms with Crippen molar-refractivity contribution in [2.24, 2.45) is 21.8 Å². The number of nitrogens with one attached hydrogen (secondary N) is 1. The van der Waals surface area contributed by atoms with Crippen LogP contribution in [0.5, 0.6) is 0 Å². The third-order valence-corrected chi connectivity index (χ3v) is 23.3. The molecule has 0 aromatic heterocycles. The van der Waals surface area contributed by atoms with Crippen LogP contribution in [-0.4, -0.2) is 161 Å². The highest BCUT2D eigenvalue weighted by Gasteiger charge is 2.56. The number of thioether (sulfide) groups is 2. The number of amides is 5. The topological polar surface area (TPSA) is 182 Å². The Morgan fingerprint density at radius 3 is 1.44 bits per heavy atom. The molecule has 4 saturated heterocycles. The van der Waals surface area contributed by atoms with Crippen molar-refractivity contribution in [1.82, 2.24) is 39.6 Å². The summed E-state index contributed by atoms with van der Waals surface area (Å²) in [5.41, 5.74) is 3.01. The number of fused-ring (bicyclic) bond motifs is 2. The number of amidine groups is 2. The highest BCUT2D eigenvalue weighted by molar-refractivity contribution is 8.18. The van der Waals surface area contributed by atoms with Crippen LogP contribution in [0.2, 0.25) is 20.1 Å². The first-order valence-corrected chi connectivity index (χ1v) is 36.5. The Morgan fingerprint density at radius 2 is 1.05 bits per heavy atom. The summed E-state index contributed by atoms with van der Waals surface area (Å²) in [5, 5.41) is 15.7. The molecule has 5 amide bonds. The van der Waals surface area contributed by atoms with Crippen LogP contribution in [0.3, 0.4) is 0 Å². The van der Waals surface area contributed by atoms with Gasteiger partial charge in [-0.2, -0.15) is 0 Å². The number of allylic oxidation sites excluding steroid dienone is 2. The van der Waals surface area contributed by atoms with Gasteiger partial charge in [0.2, 0.25) is 23.6 Å². The predicted octanol–water partition coefficient (Wildman–Crippen LogP) is 14.3. The van der Waals surface area contributed by atoms with Crippen LogP contribution < -0.4 is 5.32 Å². The number of rotatable bonds is 12. The van der Waals surface area contributed by atoms with Gasteiger partial charge in [0, 0.05) is 98.7 Å². The van der Waals surface area contributed by atoms with Crippen LogP contribution in [-0.2, 0) is 39.8 Å². The van der Waals surface area contributed by atoms with Gasteiger partial charge < -0.3 is 44.7 Å². The van der Waals surface area contributed by atoms with Gasteiger partial charge in [0.15, 0.2) is 10.3 Å². The molecule has 0 saturated carbocycles. The lowest BCUT2D eigenvalue weighted by Crippen LogP contribution is -2.58. The molecule has 97 heavy (non-hydrogen) atoms. The van der Waals surface area contributed by atoms with E-state index in [1.54, 1.807) is 43.0 Å². The summed E-state index contributed by atoms with van der Waals surface area (Å²) < 4.78 is 29.5. The van der Waals surface area contributed by atoms with Crippen molar-refractivity contribution < 1.29 is 42.7 Å². The van der Waals surface area contributed by atoms with Gasteiger partial charge in [0.05, 0.1) is 28.2 Å². The fourth-order valence-corrected chi connectivity index (χ4v) is 18.3. The van der Waals surface area contributed by atoms with E-state index in [-0.39, 0.29) is 80.5 Å². The number of nitrogens with zero attached hydrogens (tertiary/aromatic N) is 9. The van der Waals surface area contributed by atoms with E-state index < -0.39 is 46.8 Å². The van der Waals surface area contributed by atoms with Crippen molar-refractivity contribution in [1.29, 1.82) is 0 Å². The van der Waals surface area contributed by atoms with Crippen molar-refractivity contribution in [3.63, 3.8) is 0 Å². The lowest BCUT2D eigenvalue weighted by molar-refractivity contribution is -0.147. The Balaban J connectivity index is 0.000000176. The fraction of sp³-hybridized carbons (Fsp3) is 0.500. The van der Waals surface area contributed by atoms with E-state index in [2.05, 4.69) is 24.1 Å². The molecule has 8 heterocycles. The second-order valence-corrected chi connectivity index (χ2v) is 30.8. The van der Waals surface area contributed by atoms with E-state index in [0.29, 0.717) is 93.8 Å². The minimum Gasteiger partial charge on any atom is -0.477 e. The number of aliphatic imine (C=N–C) groups is 2. The van der Waals surface area contributed by atoms with Gasteiger partial charge in [-0.05, 0) is 172 Å². The Morgan fingerprint density at radius 1 is 0.608 bits per heavy atom. The van der Waals surface area contributed by atoms with Crippen LogP contribution in [0.15, 0.2) is 116 Å². The quantitative estimate of drug-likeness (QED) is 0.137. The largest absolute Gasteiger partial charge is 0.477 e. The molecule has 12 rings (SSSR count). The summed E-state index contributed by atoms with van der Waals surface area (Å²) in [4.78, 5) is 101. The van der Waals surface area contributed by atoms with Crippen LogP contribution in [0.4, 0.5) is 8.78 Å². The molecular formula is C72H86Cl4F2N10O7S2. The molecule has 0 spiro atoms. The monoisotopic (exact) mass is 1440 g/mol. The Labute approximate surface area is 596 Å². The molecule has 10 atom stereocenters. The number of halogens is 6. The molecule has 17 nitrogen and oxygen atoms in total. The van der Waals surface area contributed by atoms with Crippen LogP contribution >= 0.6 is 69.9 Å². The second kappa shape index (κ2) is 29.9. The van der Waals surface area contributed by atoms with Gasteiger partial charge in [-0.1, -0.05) is 124 Å². The number of hydrogen-bond acceptors (Lipinski definition) is 13. The van der Waals surface area contributed by atoms with Gasteiger partial charge in [-0.3, -0.25) is 24.0 Å². The summed E-state index contributed by atoms with van der Waals surface area (Å²) in [6.07, 6.45) is 5.17.